The molecule has 0 unspecified atom stereocenters. The summed E-state index contributed by atoms with van der Waals surface area (Å²) in [7, 11) is 0. The lowest BCUT2D eigenvalue weighted by Gasteiger charge is -2.09. The number of ketones is 1. The van der Waals surface area contributed by atoms with Gasteiger partial charge in [0.15, 0.2) is 0 Å². The zero-order valence-corrected chi connectivity index (χ0v) is 5.44. The molecule has 0 aromatic heterocycles. The van der Waals surface area contributed by atoms with Gasteiger partial charge in [-0.2, -0.15) is 0 Å². The molecule has 0 aromatic rings. The minimum atomic E-state index is -1.62. The van der Waals surface area contributed by atoms with E-state index in [0.717, 1.165) is 0 Å². The van der Waals surface area contributed by atoms with Gasteiger partial charge in [0.05, 0.1) is 6.10 Å². The van der Waals surface area contributed by atoms with Crippen LogP contribution in [0.1, 0.15) is 6.92 Å². The molecule has 0 bridgehead atoms. The Balaban J connectivity index is 4.08. The van der Waals surface area contributed by atoms with Crippen molar-refractivity contribution >= 4 is 11.8 Å². The van der Waals surface area contributed by atoms with Gasteiger partial charge in [-0.1, -0.05) is 0 Å². The fraction of sp³-hybridized carbons (Fsp3) is 0.600. The van der Waals surface area contributed by atoms with Crippen LogP contribution in [0.2, 0.25) is 0 Å². The molecule has 0 aliphatic rings. The van der Waals surface area contributed by atoms with E-state index >= 15 is 0 Å². The molecule has 0 saturated carbocycles. The number of nitrogens with two attached hydrogens (primary N) is 1. The van der Waals surface area contributed by atoms with E-state index in [1.165, 1.54) is 6.92 Å². The third-order valence-corrected chi connectivity index (χ3v) is 1.03. The highest BCUT2D eigenvalue weighted by atomic mass is 16.4. The predicted molar refractivity (Wildman–Crippen MR) is 32.3 cm³/mol. The van der Waals surface area contributed by atoms with Crippen LogP contribution in [-0.2, 0) is 9.59 Å². The first-order valence-electron chi connectivity index (χ1n) is 2.67. The van der Waals surface area contributed by atoms with E-state index in [2.05, 4.69) is 0 Å². The van der Waals surface area contributed by atoms with Crippen LogP contribution in [0.5, 0.6) is 0 Å². The van der Waals surface area contributed by atoms with Gasteiger partial charge in [0, 0.05) is 0 Å². The van der Waals surface area contributed by atoms with Crippen LogP contribution >= 0.6 is 0 Å². The molecule has 0 aliphatic carbocycles. The van der Waals surface area contributed by atoms with Gasteiger partial charge in [-0.15, -0.1) is 0 Å². The number of rotatable bonds is 3. The van der Waals surface area contributed by atoms with E-state index in [1.54, 1.807) is 0 Å². The molecular weight excluding hydrogens is 138 g/mol. The molecular formula is C5H9NO4. The smallest absolute Gasteiger partial charge is 0.373 e. The number of hydrogen-bond acceptors (Lipinski definition) is 4. The molecule has 0 radical (unpaired) electrons. The van der Waals surface area contributed by atoms with Crippen LogP contribution in [0.15, 0.2) is 0 Å². The van der Waals surface area contributed by atoms with Gasteiger partial charge in [-0.3, -0.25) is 4.79 Å². The highest BCUT2D eigenvalue weighted by Gasteiger charge is 2.24. The summed E-state index contributed by atoms with van der Waals surface area (Å²) in [4.78, 5) is 20.3. The molecule has 0 rings (SSSR count). The second-order valence-corrected chi connectivity index (χ2v) is 1.94. The van der Waals surface area contributed by atoms with Crippen LogP contribution in [-0.4, -0.2) is 34.1 Å². The summed E-state index contributed by atoms with van der Waals surface area (Å²) < 4.78 is 0. The van der Waals surface area contributed by atoms with Crippen molar-refractivity contribution < 1.29 is 19.8 Å². The van der Waals surface area contributed by atoms with E-state index in [1.807, 2.05) is 0 Å². The molecule has 5 nitrogen and oxygen atoms in total. The minimum absolute atomic E-state index is 1.12. The van der Waals surface area contributed by atoms with Crippen LogP contribution in [0.3, 0.4) is 0 Å². The fourth-order valence-electron chi connectivity index (χ4n) is 0.362. The molecule has 0 heterocycles. The number of carbonyl (C=O) groups excluding carboxylic acids is 1. The summed E-state index contributed by atoms with van der Waals surface area (Å²) in [5.74, 6) is -2.79. The number of Topliss-reactive ketones (excluding diaryl/α,β-unsaturated/α-hetero) is 1. The van der Waals surface area contributed by atoms with Crippen molar-refractivity contribution in [2.75, 3.05) is 0 Å². The van der Waals surface area contributed by atoms with Crippen molar-refractivity contribution in [1.29, 1.82) is 0 Å². The Morgan fingerprint density at radius 2 is 1.90 bits per heavy atom. The number of hydrogen-bond donors (Lipinski definition) is 3. The lowest BCUT2D eigenvalue weighted by Crippen LogP contribution is -2.43. The maximum Gasteiger partial charge on any atom is 0.373 e. The summed E-state index contributed by atoms with van der Waals surface area (Å²) in [6.45, 7) is 1.26. The Bertz CT molecular complexity index is 154. The SMILES string of the molecule is C[C@@H](O)[C@H](N)C(=O)C(=O)O. The predicted octanol–water partition coefficient (Wildman–Crippen LogP) is -1.65. The molecule has 2 atom stereocenters. The normalized spacial score (nSPS) is 15.9. The number of carboxylic acids is 1. The van der Waals surface area contributed by atoms with Crippen LogP contribution in [0.4, 0.5) is 0 Å². The first kappa shape index (κ1) is 9.06. The highest BCUT2D eigenvalue weighted by Crippen LogP contribution is 1.89. The second kappa shape index (κ2) is 3.28. The quantitative estimate of drug-likeness (QED) is 0.415. The van der Waals surface area contributed by atoms with Gasteiger partial charge in [-0.05, 0) is 6.92 Å². The van der Waals surface area contributed by atoms with Crippen molar-refractivity contribution in [1.82, 2.24) is 0 Å². The lowest BCUT2D eigenvalue weighted by atomic mass is 10.1. The number of carbonyl (C=O) groups is 2. The summed E-state index contributed by atoms with van der Waals surface area (Å²) in [6.07, 6.45) is -1.12. The van der Waals surface area contributed by atoms with Crippen LogP contribution in [0.25, 0.3) is 0 Å². The van der Waals surface area contributed by atoms with Crippen molar-refractivity contribution in [2.24, 2.45) is 5.73 Å². The van der Waals surface area contributed by atoms with Crippen LogP contribution < -0.4 is 5.73 Å². The van der Waals surface area contributed by atoms with Crippen molar-refractivity contribution in [3.05, 3.63) is 0 Å². The topological polar surface area (TPSA) is 101 Å². The van der Waals surface area contributed by atoms with E-state index in [9.17, 15) is 9.59 Å². The fourth-order valence-corrected chi connectivity index (χ4v) is 0.362. The van der Waals surface area contributed by atoms with Crippen molar-refractivity contribution in [2.45, 2.75) is 19.1 Å². The van der Waals surface area contributed by atoms with Crippen LogP contribution in [0, 0.1) is 0 Å². The molecule has 5 heteroatoms. The minimum Gasteiger partial charge on any atom is -0.475 e. The Morgan fingerprint density at radius 3 is 2.00 bits per heavy atom. The van der Waals surface area contributed by atoms with Gasteiger partial charge in [0.2, 0.25) is 0 Å². The summed E-state index contributed by atoms with van der Waals surface area (Å²) in [5.41, 5.74) is 4.98. The monoisotopic (exact) mass is 147 g/mol. The maximum atomic E-state index is 10.4. The molecule has 0 saturated heterocycles. The Morgan fingerprint density at radius 1 is 1.50 bits per heavy atom. The van der Waals surface area contributed by atoms with Crippen molar-refractivity contribution in [3.8, 4) is 0 Å². The standard InChI is InChI=1S/C5H9NO4/c1-2(7)3(6)4(8)5(9)10/h2-3,7H,6H2,1H3,(H,9,10)/t2-,3+/m1/s1. The highest BCUT2D eigenvalue weighted by molar-refractivity contribution is 6.34. The first-order valence-corrected chi connectivity index (χ1v) is 2.67. The van der Waals surface area contributed by atoms with Gasteiger partial charge in [0.25, 0.3) is 5.78 Å². The number of aliphatic carboxylic acids is 1. The van der Waals surface area contributed by atoms with E-state index in [4.69, 9.17) is 15.9 Å². The van der Waals surface area contributed by atoms with E-state index in [0.29, 0.717) is 0 Å². The molecule has 4 N–H and O–H groups in total. The second-order valence-electron chi connectivity index (χ2n) is 1.94. The van der Waals surface area contributed by atoms with Crippen molar-refractivity contribution in [3.63, 3.8) is 0 Å². The van der Waals surface area contributed by atoms with E-state index < -0.39 is 23.9 Å². The van der Waals surface area contributed by atoms with Gasteiger partial charge in [0.1, 0.15) is 6.04 Å². The number of aliphatic hydroxyl groups excluding tert-OH is 1. The third kappa shape index (κ3) is 2.12. The Hall–Kier alpha value is -0.940. The number of carboxylic acid groups (broad SMARTS) is 1. The largest absolute Gasteiger partial charge is 0.475 e. The summed E-state index contributed by atoms with van der Waals surface area (Å²) in [6, 6.07) is -1.32. The third-order valence-electron chi connectivity index (χ3n) is 1.03. The first-order chi connectivity index (χ1) is 4.46. The van der Waals surface area contributed by atoms with Gasteiger partial charge in [-0.25, -0.2) is 4.79 Å². The Kier molecular flexibility index (Phi) is 2.98. The number of aliphatic hydroxyl groups is 1. The molecule has 0 aliphatic heterocycles. The average molecular weight is 147 g/mol. The molecule has 0 fully saturated rings. The average Bonchev–Trinajstić information content (AvgIpc) is 1.84. The zero-order valence-electron chi connectivity index (χ0n) is 5.44. The molecule has 0 aromatic carbocycles. The maximum absolute atomic E-state index is 10.4. The van der Waals surface area contributed by atoms with Gasteiger partial charge >= 0.3 is 5.97 Å². The Labute approximate surface area is 57.5 Å². The molecule has 58 valence electrons. The summed E-state index contributed by atoms with van der Waals surface area (Å²) >= 11 is 0. The molecule has 0 amide bonds. The lowest BCUT2D eigenvalue weighted by molar-refractivity contribution is -0.150. The van der Waals surface area contributed by atoms with E-state index in [-0.39, 0.29) is 0 Å². The zero-order chi connectivity index (χ0) is 8.31. The van der Waals surface area contributed by atoms with Gasteiger partial charge < -0.3 is 15.9 Å². The summed E-state index contributed by atoms with van der Waals surface area (Å²) in [5, 5.41) is 16.7. The molecule has 0 spiro atoms. The molecule has 10 heavy (non-hydrogen) atoms.